The topological polar surface area (TPSA) is 72.5 Å². The van der Waals surface area contributed by atoms with E-state index in [2.05, 4.69) is 15.6 Å². The Morgan fingerprint density at radius 2 is 2.20 bits per heavy atom. The molecule has 0 spiro atoms. The zero-order valence-electron chi connectivity index (χ0n) is 12.3. The number of methoxy groups -OCH3 is 2. The summed E-state index contributed by atoms with van der Waals surface area (Å²) in [5, 5.41) is 6.01. The molecule has 0 fully saturated rings. The first-order valence-electron chi connectivity index (χ1n) is 6.66. The number of hydrogen-bond donors (Lipinski definition) is 2. The van der Waals surface area contributed by atoms with Crippen molar-refractivity contribution in [2.75, 3.05) is 27.4 Å². The lowest BCUT2D eigenvalue weighted by Gasteiger charge is -2.14. The van der Waals surface area contributed by atoms with E-state index in [4.69, 9.17) is 9.47 Å². The van der Waals surface area contributed by atoms with Crippen LogP contribution in [-0.4, -0.2) is 44.3 Å². The highest BCUT2D eigenvalue weighted by molar-refractivity contribution is 5.81. The number of rotatable bonds is 9. The summed E-state index contributed by atoms with van der Waals surface area (Å²) in [7, 11) is 3.23. The van der Waals surface area contributed by atoms with E-state index in [0.717, 1.165) is 12.0 Å². The predicted octanol–water partition coefficient (Wildman–Crippen LogP) is 0.721. The van der Waals surface area contributed by atoms with Gasteiger partial charge in [-0.05, 0) is 18.9 Å². The summed E-state index contributed by atoms with van der Waals surface area (Å²) in [6.45, 7) is 3.70. The Balaban J connectivity index is 2.27. The van der Waals surface area contributed by atoms with Crippen molar-refractivity contribution in [3.8, 4) is 5.88 Å². The molecule has 112 valence electrons. The van der Waals surface area contributed by atoms with E-state index in [9.17, 15) is 4.79 Å². The molecule has 0 bridgehead atoms. The van der Waals surface area contributed by atoms with Crippen LogP contribution < -0.4 is 15.4 Å². The third-order valence-corrected chi connectivity index (χ3v) is 2.84. The van der Waals surface area contributed by atoms with Gasteiger partial charge in [-0.25, -0.2) is 4.98 Å². The van der Waals surface area contributed by atoms with Crippen LogP contribution in [0.25, 0.3) is 0 Å². The molecule has 1 rings (SSSR count). The average molecular weight is 281 g/mol. The van der Waals surface area contributed by atoms with Gasteiger partial charge < -0.3 is 20.1 Å². The van der Waals surface area contributed by atoms with Gasteiger partial charge in [0, 0.05) is 39.1 Å². The summed E-state index contributed by atoms with van der Waals surface area (Å²) in [4.78, 5) is 15.9. The molecular formula is C14H23N3O3. The zero-order chi connectivity index (χ0) is 14.8. The molecule has 1 aromatic rings. The fourth-order valence-electron chi connectivity index (χ4n) is 1.58. The summed E-state index contributed by atoms with van der Waals surface area (Å²) in [6, 6.07) is 3.47. The minimum atomic E-state index is -0.250. The molecule has 6 nitrogen and oxygen atoms in total. The van der Waals surface area contributed by atoms with Crippen molar-refractivity contribution in [2.24, 2.45) is 0 Å². The van der Waals surface area contributed by atoms with Crippen LogP contribution >= 0.6 is 0 Å². The van der Waals surface area contributed by atoms with Crippen molar-refractivity contribution >= 4 is 5.91 Å². The normalized spacial score (nSPS) is 11.9. The number of aromatic nitrogens is 1. The van der Waals surface area contributed by atoms with Gasteiger partial charge in [0.25, 0.3) is 0 Å². The zero-order valence-corrected chi connectivity index (χ0v) is 12.3. The molecule has 6 heteroatoms. The number of pyridine rings is 1. The molecule has 1 heterocycles. The second-order valence-electron chi connectivity index (χ2n) is 4.45. The molecule has 1 unspecified atom stereocenters. The van der Waals surface area contributed by atoms with Crippen LogP contribution in [0.5, 0.6) is 5.88 Å². The molecule has 0 radical (unpaired) electrons. The largest absolute Gasteiger partial charge is 0.481 e. The molecule has 0 aliphatic heterocycles. The molecule has 2 N–H and O–H groups in total. The van der Waals surface area contributed by atoms with Crippen molar-refractivity contribution in [1.29, 1.82) is 0 Å². The van der Waals surface area contributed by atoms with E-state index in [1.54, 1.807) is 26.5 Å². The number of ether oxygens (including phenoxy) is 2. The fraction of sp³-hybridized carbons (Fsp3) is 0.571. The predicted molar refractivity (Wildman–Crippen MR) is 76.6 cm³/mol. The van der Waals surface area contributed by atoms with Crippen LogP contribution in [0.2, 0.25) is 0 Å². The number of nitrogens with zero attached hydrogens (tertiary/aromatic N) is 1. The Labute approximate surface area is 119 Å². The van der Waals surface area contributed by atoms with Crippen molar-refractivity contribution in [3.63, 3.8) is 0 Å². The van der Waals surface area contributed by atoms with Gasteiger partial charge in [-0.1, -0.05) is 6.07 Å². The second kappa shape index (κ2) is 9.28. The van der Waals surface area contributed by atoms with Gasteiger partial charge in [0.05, 0.1) is 13.2 Å². The third kappa shape index (κ3) is 5.99. The molecule has 0 aliphatic carbocycles. The number of nitrogens with one attached hydrogen (secondary N) is 2. The molecular weight excluding hydrogens is 258 g/mol. The van der Waals surface area contributed by atoms with Gasteiger partial charge in [0.2, 0.25) is 11.8 Å². The highest BCUT2D eigenvalue weighted by Crippen LogP contribution is 2.06. The van der Waals surface area contributed by atoms with E-state index in [0.29, 0.717) is 25.6 Å². The first-order chi connectivity index (χ1) is 9.67. The van der Waals surface area contributed by atoms with E-state index in [1.807, 2.05) is 13.0 Å². The molecule has 0 aliphatic rings. The highest BCUT2D eigenvalue weighted by Gasteiger charge is 2.11. The maximum absolute atomic E-state index is 11.8. The summed E-state index contributed by atoms with van der Waals surface area (Å²) >= 11 is 0. The summed E-state index contributed by atoms with van der Waals surface area (Å²) in [5.41, 5.74) is 1.00. The van der Waals surface area contributed by atoms with Crippen molar-refractivity contribution < 1.29 is 14.3 Å². The lowest BCUT2D eigenvalue weighted by Crippen LogP contribution is -2.42. The Bertz CT molecular complexity index is 395. The van der Waals surface area contributed by atoms with Crippen LogP contribution in [-0.2, 0) is 16.1 Å². The van der Waals surface area contributed by atoms with Gasteiger partial charge in [-0.2, -0.15) is 0 Å². The van der Waals surface area contributed by atoms with E-state index < -0.39 is 0 Å². The molecule has 20 heavy (non-hydrogen) atoms. The van der Waals surface area contributed by atoms with Crippen LogP contribution in [0.1, 0.15) is 18.9 Å². The van der Waals surface area contributed by atoms with Crippen LogP contribution in [0, 0.1) is 0 Å². The summed E-state index contributed by atoms with van der Waals surface area (Å²) in [6.07, 6.45) is 2.55. The standard InChI is InChI=1S/C14H23N3O3/c1-11(14(18)15-7-4-8-19-2)16-9-12-5-6-13(20-3)17-10-12/h5-6,10-11,16H,4,7-9H2,1-3H3,(H,15,18). The van der Waals surface area contributed by atoms with Gasteiger partial charge in [-0.3, -0.25) is 4.79 Å². The maximum Gasteiger partial charge on any atom is 0.236 e. The number of hydrogen-bond acceptors (Lipinski definition) is 5. The van der Waals surface area contributed by atoms with E-state index in [-0.39, 0.29) is 11.9 Å². The van der Waals surface area contributed by atoms with Crippen LogP contribution in [0.4, 0.5) is 0 Å². The third-order valence-electron chi connectivity index (χ3n) is 2.84. The van der Waals surface area contributed by atoms with Gasteiger partial charge >= 0.3 is 0 Å². The Morgan fingerprint density at radius 3 is 2.80 bits per heavy atom. The second-order valence-corrected chi connectivity index (χ2v) is 4.45. The summed E-state index contributed by atoms with van der Waals surface area (Å²) in [5.74, 6) is 0.570. The minimum absolute atomic E-state index is 0.0115. The molecule has 0 saturated carbocycles. The number of carbonyl (C=O) groups is 1. The molecule has 1 aromatic heterocycles. The van der Waals surface area contributed by atoms with Crippen molar-refractivity contribution in [1.82, 2.24) is 15.6 Å². The van der Waals surface area contributed by atoms with Gasteiger partial charge in [-0.15, -0.1) is 0 Å². The summed E-state index contributed by atoms with van der Waals surface area (Å²) < 4.78 is 9.92. The SMILES string of the molecule is COCCCNC(=O)C(C)NCc1ccc(OC)nc1. The monoisotopic (exact) mass is 281 g/mol. The van der Waals surface area contributed by atoms with Crippen LogP contribution in [0.15, 0.2) is 18.3 Å². The minimum Gasteiger partial charge on any atom is -0.481 e. The fourth-order valence-corrected chi connectivity index (χ4v) is 1.58. The first-order valence-corrected chi connectivity index (χ1v) is 6.66. The van der Waals surface area contributed by atoms with E-state index >= 15 is 0 Å². The Hall–Kier alpha value is -1.66. The van der Waals surface area contributed by atoms with Crippen LogP contribution in [0.3, 0.4) is 0 Å². The maximum atomic E-state index is 11.8. The number of amides is 1. The lowest BCUT2D eigenvalue weighted by molar-refractivity contribution is -0.122. The highest BCUT2D eigenvalue weighted by atomic mass is 16.5. The number of carbonyl (C=O) groups excluding carboxylic acids is 1. The van der Waals surface area contributed by atoms with Crippen molar-refractivity contribution in [2.45, 2.75) is 25.9 Å². The smallest absolute Gasteiger partial charge is 0.236 e. The molecule has 0 aromatic carbocycles. The Kier molecular flexibility index (Phi) is 7.60. The first kappa shape index (κ1) is 16.4. The molecule has 1 amide bonds. The van der Waals surface area contributed by atoms with Crippen molar-refractivity contribution in [3.05, 3.63) is 23.9 Å². The molecule has 1 atom stereocenters. The Morgan fingerprint density at radius 1 is 1.40 bits per heavy atom. The quantitative estimate of drug-likeness (QED) is 0.653. The lowest BCUT2D eigenvalue weighted by atomic mass is 10.2. The average Bonchev–Trinajstić information content (AvgIpc) is 2.49. The van der Waals surface area contributed by atoms with E-state index in [1.165, 1.54) is 0 Å². The van der Waals surface area contributed by atoms with Gasteiger partial charge in [0.15, 0.2) is 0 Å². The molecule has 0 saturated heterocycles. The van der Waals surface area contributed by atoms with Gasteiger partial charge in [0.1, 0.15) is 0 Å².